The summed E-state index contributed by atoms with van der Waals surface area (Å²) in [6, 6.07) is 3.71. The van der Waals surface area contributed by atoms with Crippen LogP contribution in [0, 0.1) is 5.41 Å². The normalized spacial score (nSPS) is 15.1. The molecule has 0 radical (unpaired) electrons. The number of nitrogens with one attached hydrogen (secondary N) is 2. The van der Waals surface area contributed by atoms with E-state index in [4.69, 9.17) is 5.41 Å². The van der Waals surface area contributed by atoms with Crippen molar-refractivity contribution < 1.29 is 13.2 Å². The van der Waals surface area contributed by atoms with Crippen molar-refractivity contribution in [2.24, 2.45) is 0 Å². The van der Waals surface area contributed by atoms with E-state index in [-0.39, 0.29) is 5.84 Å². The summed E-state index contributed by atoms with van der Waals surface area (Å²) in [5, 5.41) is 11.2. The Labute approximate surface area is 122 Å². The van der Waals surface area contributed by atoms with E-state index in [1.54, 1.807) is 11.0 Å². The first-order valence-corrected chi connectivity index (χ1v) is 6.81. The fourth-order valence-electron chi connectivity index (χ4n) is 2.44. The van der Waals surface area contributed by atoms with Crippen LogP contribution in [0.15, 0.2) is 30.0 Å². The van der Waals surface area contributed by atoms with Crippen molar-refractivity contribution >= 4 is 11.5 Å². The maximum Gasteiger partial charge on any atom is 0.416 e. The third-order valence-corrected chi connectivity index (χ3v) is 3.40. The Morgan fingerprint density at radius 3 is 2.76 bits per heavy atom. The number of allylic oxidation sites excluding steroid dienone is 1. The molecule has 1 aliphatic rings. The maximum atomic E-state index is 12.7. The Bertz CT molecular complexity index is 576. The lowest BCUT2D eigenvalue weighted by Crippen LogP contribution is -2.27. The van der Waals surface area contributed by atoms with E-state index in [0.29, 0.717) is 24.2 Å². The summed E-state index contributed by atoms with van der Waals surface area (Å²) in [6.45, 7) is 5.12. The van der Waals surface area contributed by atoms with Gasteiger partial charge in [-0.25, -0.2) is 0 Å². The van der Waals surface area contributed by atoms with Crippen LogP contribution in [0.3, 0.4) is 0 Å². The molecule has 6 heteroatoms. The average molecular weight is 297 g/mol. The van der Waals surface area contributed by atoms with Crippen LogP contribution in [-0.2, 0) is 12.6 Å². The first-order valence-electron chi connectivity index (χ1n) is 6.81. The number of hydrogen-bond donors (Lipinski definition) is 2. The summed E-state index contributed by atoms with van der Waals surface area (Å²) in [7, 11) is 0. The number of rotatable bonds is 3. The Morgan fingerprint density at radius 2 is 2.14 bits per heavy atom. The molecule has 3 nitrogen and oxygen atoms in total. The lowest BCUT2D eigenvalue weighted by Gasteiger charge is -2.19. The molecule has 0 atom stereocenters. The quantitative estimate of drug-likeness (QED) is 0.661. The second-order valence-electron chi connectivity index (χ2n) is 4.99. The van der Waals surface area contributed by atoms with Gasteiger partial charge in [-0.05, 0) is 50.1 Å². The van der Waals surface area contributed by atoms with Crippen LogP contribution in [-0.4, -0.2) is 18.9 Å². The molecule has 1 aromatic carbocycles. The fourth-order valence-corrected chi connectivity index (χ4v) is 2.44. The number of benzene rings is 1. The van der Waals surface area contributed by atoms with Gasteiger partial charge in [-0.2, -0.15) is 13.2 Å². The number of amidine groups is 1. The molecular weight excluding hydrogens is 279 g/mol. The Hall–Kier alpha value is -1.98. The van der Waals surface area contributed by atoms with E-state index in [0.717, 1.165) is 18.3 Å². The molecule has 0 aliphatic carbocycles. The van der Waals surface area contributed by atoms with Crippen LogP contribution in [0.4, 0.5) is 18.9 Å². The second kappa shape index (κ2) is 5.79. The first kappa shape index (κ1) is 15.4. The maximum absolute atomic E-state index is 12.7. The molecule has 0 aromatic heterocycles. The smallest absolute Gasteiger partial charge is 0.389 e. The van der Waals surface area contributed by atoms with Gasteiger partial charge in [0.05, 0.1) is 5.56 Å². The highest BCUT2D eigenvalue weighted by Gasteiger charge is 2.32. The van der Waals surface area contributed by atoms with Crippen LogP contribution < -0.4 is 10.2 Å². The number of anilines is 1. The zero-order valence-corrected chi connectivity index (χ0v) is 12.0. The van der Waals surface area contributed by atoms with Gasteiger partial charge in [-0.1, -0.05) is 0 Å². The average Bonchev–Trinajstić information content (AvgIpc) is 2.80. The molecule has 2 N–H and O–H groups in total. The highest BCUT2D eigenvalue weighted by atomic mass is 19.4. The summed E-state index contributed by atoms with van der Waals surface area (Å²) in [5.74, 6) is 0.284. The van der Waals surface area contributed by atoms with E-state index in [1.807, 2.05) is 13.8 Å². The minimum atomic E-state index is -4.32. The number of hydrogen-bond acceptors (Lipinski definition) is 2. The van der Waals surface area contributed by atoms with Gasteiger partial charge in [0.25, 0.3) is 0 Å². The highest BCUT2D eigenvalue weighted by Crippen LogP contribution is 2.35. The van der Waals surface area contributed by atoms with Crippen LogP contribution in [0.25, 0.3) is 0 Å². The van der Waals surface area contributed by atoms with Gasteiger partial charge in [-0.15, -0.1) is 0 Å². The van der Waals surface area contributed by atoms with E-state index in [2.05, 4.69) is 5.32 Å². The van der Waals surface area contributed by atoms with Gasteiger partial charge in [0, 0.05) is 24.5 Å². The molecule has 1 aliphatic heterocycles. The predicted octanol–water partition coefficient (Wildman–Crippen LogP) is 3.56. The summed E-state index contributed by atoms with van der Waals surface area (Å²) in [4.78, 5) is 1.73. The molecule has 1 aromatic rings. The van der Waals surface area contributed by atoms with E-state index in [1.165, 1.54) is 12.1 Å². The van der Waals surface area contributed by atoms with Gasteiger partial charge in [0.2, 0.25) is 0 Å². The van der Waals surface area contributed by atoms with Crippen molar-refractivity contribution in [3.05, 3.63) is 41.1 Å². The largest absolute Gasteiger partial charge is 0.416 e. The van der Waals surface area contributed by atoms with Crippen molar-refractivity contribution in [1.82, 2.24) is 5.32 Å². The molecule has 21 heavy (non-hydrogen) atoms. The van der Waals surface area contributed by atoms with E-state index in [9.17, 15) is 13.2 Å². The number of halogens is 3. The summed E-state index contributed by atoms with van der Waals surface area (Å²) in [6.07, 6.45) is -2.11. The zero-order valence-electron chi connectivity index (χ0n) is 12.0. The molecule has 0 unspecified atom stereocenters. The summed E-state index contributed by atoms with van der Waals surface area (Å²) < 4.78 is 38.1. The van der Waals surface area contributed by atoms with Gasteiger partial charge in [0.15, 0.2) is 0 Å². The standard InChI is InChI=1S/C15H18F3N3/c1-3-20-10(2)8-14(19)21-7-6-11-9-12(15(16,17)18)4-5-13(11)21/h4-5,8-9,19-20H,3,6-7H2,1-2H3. The third kappa shape index (κ3) is 3.37. The van der Waals surface area contributed by atoms with Crippen molar-refractivity contribution in [2.45, 2.75) is 26.4 Å². The van der Waals surface area contributed by atoms with Gasteiger partial charge in [0.1, 0.15) is 5.84 Å². The van der Waals surface area contributed by atoms with Gasteiger partial charge < -0.3 is 10.2 Å². The van der Waals surface area contributed by atoms with Crippen molar-refractivity contribution in [3.63, 3.8) is 0 Å². The lowest BCUT2D eigenvalue weighted by atomic mass is 10.1. The minimum absolute atomic E-state index is 0.284. The van der Waals surface area contributed by atoms with E-state index >= 15 is 0 Å². The Morgan fingerprint density at radius 1 is 1.43 bits per heavy atom. The Kier molecular flexibility index (Phi) is 4.25. The monoisotopic (exact) mass is 297 g/mol. The van der Waals surface area contributed by atoms with Crippen molar-refractivity contribution in [3.8, 4) is 0 Å². The molecule has 0 spiro atoms. The van der Waals surface area contributed by atoms with Gasteiger partial charge in [-0.3, -0.25) is 5.41 Å². The molecular formula is C15H18F3N3. The fraction of sp³-hybridized carbons (Fsp3) is 0.400. The number of alkyl halides is 3. The van der Waals surface area contributed by atoms with Crippen LogP contribution >= 0.6 is 0 Å². The molecule has 0 amide bonds. The zero-order chi connectivity index (χ0) is 15.6. The predicted molar refractivity (Wildman–Crippen MR) is 77.7 cm³/mol. The molecule has 0 bridgehead atoms. The minimum Gasteiger partial charge on any atom is -0.389 e. The molecule has 0 saturated heterocycles. The van der Waals surface area contributed by atoms with Crippen molar-refractivity contribution in [2.75, 3.05) is 18.0 Å². The SMILES string of the molecule is CCNC(C)=CC(=N)N1CCc2cc(C(F)(F)F)ccc21. The van der Waals surface area contributed by atoms with Crippen LogP contribution in [0.5, 0.6) is 0 Å². The van der Waals surface area contributed by atoms with E-state index < -0.39 is 11.7 Å². The first-order chi connectivity index (χ1) is 9.82. The molecule has 0 saturated carbocycles. The summed E-state index contributed by atoms with van der Waals surface area (Å²) in [5.41, 5.74) is 1.56. The molecule has 1 heterocycles. The van der Waals surface area contributed by atoms with Crippen LogP contribution in [0.1, 0.15) is 25.0 Å². The van der Waals surface area contributed by atoms with Crippen molar-refractivity contribution in [1.29, 1.82) is 5.41 Å². The van der Waals surface area contributed by atoms with Gasteiger partial charge >= 0.3 is 6.18 Å². The second-order valence-corrected chi connectivity index (χ2v) is 4.99. The Balaban J connectivity index is 2.23. The highest BCUT2D eigenvalue weighted by molar-refractivity contribution is 6.05. The number of fused-ring (bicyclic) bond motifs is 1. The summed E-state index contributed by atoms with van der Waals surface area (Å²) >= 11 is 0. The molecule has 0 fully saturated rings. The van der Waals surface area contributed by atoms with Crippen LogP contribution in [0.2, 0.25) is 0 Å². The molecule has 2 rings (SSSR count). The number of nitrogens with zero attached hydrogens (tertiary/aromatic N) is 1. The lowest BCUT2D eigenvalue weighted by molar-refractivity contribution is -0.137. The topological polar surface area (TPSA) is 39.1 Å². The molecule has 114 valence electrons. The third-order valence-electron chi connectivity index (χ3n) is 3.40.